The second kappa shape index (κ2) is 13.1. The van der Waals surface area contributed by atoms with Gasteiger partial charge in [0, 0.05) is 0 Å². The van der Waals surface area contributed by atoms with Crippen LogP contribution in [0.2, 0.25) is 0 Å². The largest absolute Gasteiger partial charge is 0.497 e. The molecule has 1 saturated heterocycles. The fraction of sp³-hybridized carbons (Fsp3) is 0.556. The summed E-state index contributed by atoms with van der Waals surface area (Å²) in [5.74, 6) is 0.270. The van der Waals surface area contributed by atoms with Crippen molar-refractivity contribution in [3.05, 3.63) is 36.9 Å². The third kappa shape index (κ3) is 6.92. The summed E-state index contributed by atoms with van der Waals surface area (Å²) in [7, 11) is -2.82. The molecule has 1 saturated carbocycles. The molecule has 0 spiro atoms. The van der Waals surface area contributed by atoms with Crippen LogP contribution in [0.5, 0.6) is 11.5 Å². The molecular weight excluding hydrogens is 583 g/mol. The van der Waals surface area contributed by atoms with Gasteiger partial charge in [0.2, 0.25) is 0 Å². The number of nitrogens with one attached hydrogen (secondary N) is 1. The highest BCUT2D eigenvalue weighted by molar-refractivity contribution is 7.52. The average molecular weight is 621 g/mol. The van der Waals surface area contributed by atoms with Gasteiger partial charge in [-0.3, -0.25) is 13.9 Å². The van der Waals surface area contributed by atoms with E-state index in [1.165, 1.54) is 50.3 Å². The fourth-order valence-electron chi connectivity index (χ4n) is 5.23. The van der Waals surface area contributed by atoms with Gasteiger partial charge in [0.05, 0.1) is 19.5 Å². The molecule has 43 heavy (non-hydrogen) atoms. The highest BCUT2D eigenvalue weighted by Crippen LogP contribution is 2.48. The van der Waals surface area contributed by atoms with Crippen LogP contribution in [-0.4, -0.2) is 79.4 Å². The normalized spacial score (nSPS) is 25.6. The molecule has 0 amide bonds. The molecule has 3 aromatic rings. The Kier molecular flexibility index (Phi) is 9.49. The molecule has 1 aliphatic heterocycles. The molecule has 1 aliphatic carbocycles. The predicted octanol–water partition coefficient (Wildman–Crippen LogP) is 2.48. The number of methoxy groups -OCH3 is 1. The van der Waals surface area contributed by atoms with Gasteiger partial charge >= 0.3 is 13.7 Å². The fourth-order valence-corrected chi connectivity index (χ4v) is 6.92. The summed E-state index contributed by atoms with van der Waals surface area (Å²) in [6.07, 6.45) is 0.727. The molecule has 2 aliphatic rings. The monoisotopic (exact) mass is 620 g/mol. The number of carbonyl (C=O) groups is 1. The van der Waals surface area contributed by atoms with Crippen molar-refractivity contribution in [2.75, 3.05) is 12.8 Å². The SMILES string of the molecule is COc1ccc(OP(=O)(NC(C)C(=O)OC2CCCCC2)OC(C)[C@H]2O[C@@H](n3cnc4c(N)ncnc43)[C@H](O)[C@@H]2O)cc1. The van der Waals surface area contributed by atoms with Crippen molar-refractivity contribution in [3.63, 3.8) is 0 Å². The maximum absolute atomic E-state index is 14.2. The van der Waals surface area contributed by atoms with Crippen molar-refractivity contribution < 1.29 is 42.8 Å². The number of aromatic nitrogens is 4. The first-order valence-corrected chi connectivity index (χ1v) is 15.7. The molecule has 5 rings (SSSR count). The Labute approximate surface area is 248 Å². The zero-order chi connectivity index (χ0) is 30.7. The van der Waals surface area contributed by atoms with E-state index in [9.17, 15) is 19.6 Å². The molecule has 5 N–H and O–H groups in total. The molecule has 7 atom stereocenters. The van der Waals surface area contributed by atoms with E-state index in [0.717, 1.165) is 32.1 Å². The van der Waals surface area contributed by atoms with E-state index in [2.05, 4.69) is 20.0 Å². The number of ether oxygens (including phenoxy) is 3. The van der Waals surface area contributed by atoms with Crippen molar-refractivity contribution >= 4 is 30.7 Å². The number of fused-ring (bicyclic) bond motifs is 1. The number of carbonyl (C=O) groups excluding carboxylic acids is 1. The van der Waals surface area contributed by atoms with Gasteiger partial charge < -0.3 is 34.7 Å². The quantitative estimate of drug-likeness (QED) is 0.180. The summed E-state index contributed by atoms with van der Waals surface area (Å²) in [5.41, 5.74) is 6.47. The Balaban J connectivity index is 1.33. The number of rotatable bonds is 11. The minimum absolute atomic E-state index is 0.142. The van der Waals surface area contributed by atoms with E-state index in [0.29, 0.717) is 16.9 Å². The van der Waals surface area contributed by atoms with Crippen LogP contribution in [0.4, 0.5) is 5.82 Å². The van der Waals surface area contributed by atoms with Gasteiger partial charge in [0.15, 0.2) is 17.7 Å². The number of aliphatic hydroxyl groups excluding tert-OH is 2. The Morgan fingerprint density at radius 3 is 2.49 bits per heavy atom. The number of imidazole rings is 1. The Bertz CT molecular complexity index is 1450. The third-order valence-corrected chi connectivity index (χ3v) is 9.29. The van der Waals surface area contributed by atoms with E-state index in [4.69, 9.17) is 29.0 Å². The van der Waals surface area contributed by atoms with E-state index in [1.807, 2.05) is 0 Å². The van der Waals surface area contributed by atoms with Crippen LogP contribution in [0.15, 0.2) is 36.9 Å². The topological polar surface area (TPSA) is 202 Å². The number of hydrogen-bond acceptors (Lipinski definition) is 13. The van der Waals surface area contributed by atoms with Crippen LogP contribution in [0.3, 0.4) is 0 Å². The summed E-state index contributed by atoms with van der Waals surface area (Å²) in [4.78, 5) is 25.2. The van der Waals surface area contributed by atoms with Crippen LogP contribution >= 0.6 is 7.75 Å². The maximum Gasteiger partial charge on any atom is 0.459 e. The number of hydrogen-bond donors (Lipinski definition) is 4. The summed E-state index contributed by atoms with van der Waals surface area (Å²) < 4.78 is 44.1. The van der Waals surface area contributed by atoms with Crippen molar-refractivity contribution in [2.24, 2.45) is 0 Å². The molecule has 3 heterocycles. The maximum atomic E-state index is 14.2. The molecule has 0 radical (unpaired) electrons. The lowest BCUT2D eigenvalue weighted by Crippen LogP contribution is -2.41. The second-order valence-electron chi connectivity index (χ2n) is 10.7. The number of nitrogens with zero attached hydrogens (tertiary/aromatic N) is 4. The zero-order valence-electron chi connectivity index (χ0n) is 24.1. The number of nitrogens with two attached hydrogens (primary N) is 1. The summed E-state index contributed by atoms with van der Waals surface area (Å²) in [6.45, 7) is 3.01. The zero-order valence-corrected chi connectivity index (χ0v) is 25.0. The number of aliphatic hydroxyl groups is 2. The molecule has 2 fully saturated rings. The van der Waals surface area contributed by atoms with Crippen molar-refractivity contribution in [2.45, 2.75) is 88.7 Å². The van der Waals surface area contributed by atoms with E-state index < -0.39 is 50.4 Å². The molecule has 0 bridgehead atoms. The lowest BCUT2D eigenvalue weighted by molar-refractivity contribution is -0.152. The van der Waals surface area contributed by atoms with Gasteiger partial charge in [-0.25, -0.2) is 19.5 Å². The summed E-state index contributed by atoms with van der Waals surface area (Å²) >= 11 is 0. The smallest absolute Gasteiger partial charge is 0.459 e. The third-order valence-electron chi connectivity index (χ3n) is 7.53. The molecule has 234 valence electrons. The lowest BCUT2D eigenvalue weighted by atomic mass is 9.98. The molecule has 1 aromatic carbocycles. The number of anilines is 1. The van der Waals surface area contributed by atoms with Gasteiger partial charge in [-0.05, 0) is 63.8 Å². The van der Waals surface area contributed by atoms with Crippen LogP contribution in [0, 0.1) is 0 Å². The van der Waals surface area contributed by atoms with Gasteiger partial charge in [-0.2, -0.15) is 5.09 Å². The Hall–Kier alpha value is -3.33. The molecule has 16 heteroatoms. The molecular formula is C27H37N6O9P. The molecule has 3 unspecified atom stereocenters. The average Bonchev–Trinajstić information content (AvgIpc) is 3.55. The number of nitrogen functional groups attached to an aromatic ring is 1. The standard InChI is InChI=1S/C27H37N6O9P/c1-15(27(36)39-18-7-5-4-6-8-18)32-43(37,42-19-11-9-17(38-3)10-12-19)41-16(2)23-21(34)22(35)26(40-23)33-14-31-20-24(28)29-13-30-25(20)33/h9-16,18,21-23,26,34-35H,4-8H2,1-3H3,(H,32,37)(H2,28,29,30)/t15?,16?,21-,22+,23+,26+,43?/m0/s1. The van der Waals surface area contributed by atoms with Crippen LogP contribution < -0.4 is 20.1 Å². The Morgan fingerprint density at radius 2 is 1.79 bits per heavy atom. The molecule has 15 nitrogen and oxygen atoms in total. The van der Waals surface area contributed by atoms with Gasteiger partial charge in [-0.1, -0.05) is 6.42 Å². The van der Waals surface area contributed by atoms with Gasteiger partial charge in [-0.15, -0.1) is 0 Å². The first kappa shape index (κ1) is 31.1. The van der Waals surface area contributed by atoms with E-state index >= 15 is 0 Å². The minimum Gasteiger partial charge on any atom is -0.497 e. The highest BCUT2D eigenvalue weighted by atomic mass is 31.2. The van der Waals surface area contributed by atoms with Crippen molar-refractivity contribution in [3.8, 4) is 11.5 Å². The van der Waals surface area contributed by atoms with Crippen LogP contribution in [0.25, 0.3) is 11.2 Å². The van der Waals surface area contributed by atoms with Gasteiger partial charge in [0.25, 0.3) is 0 Å². The second-order valence-corrected chi connectivity index (χ2v) is 12.3. The summed E-state index contributed by atoms with van der Waals surface area (Å²) in [5, 5.41) is 24.5. The summed E-state index contributed by atoms with van der Waals surface area (Å²) in [6, 6.07) is 5.23. The number of benzene rings is 1. The molecule has 2 aromatic heterocycles. The van der Waals surface area contributed by atoms with Crippen LogP contribution in [0.1, 0.15) is 52.2 Å². The lowest BCUT2D eigenvalue weighted by Gasteiger charge is -2.29. The Morgan fingerprint density at radius 1 is 1.09 bits per heavy atom. The first-order chi connectivity index (χ1) is 20.6. The first-order valence-electron chi connectivity index (χ1n) is 14.1. The predicted molar refractivity (Wildman–Crippen MR) is 153 cm³/mol. The number of esters is 1. The van der Waals surface area contributed by atoms with Crippen LogP contribution in [-0.2, 0) is 23.4 Å². The minimum atomic E-state index is -4.33. The van der Waals surface area contributed by atoms with Crippen molar-refractivity contribution in [1.82, 2.24) is 24.6 Å². The van der Waals surface area contributed by atoms with E-state index in [1.54, 1.807) is 12.1 Å². The highest BCUT2D eigenvalue weighted by Gasteiger charge is 2.49. The van der Waals surface area contributed by atoms with Crippen molar-refractivity contribution in [1.29, 1.82) is 0 Å². The van der Waals surface area contributed by atoms with E-state index in [-0.39, 0.29) is 17.7 Å². The van der Waals surface area contributed by atoms with Gasteiger partial charge in [0.1, 0.15) is 53.8 Å².